The fraction of sp³-hybridized carbons (Fsp3) is 0.636. The standard InChI is InChI=1S/C10H18O6.CHNS/c1-2-3-4-10(16,8(14)6-12)9(15)7(13)5-11;2-1-3/h3-4,6-9,11,13-16H,2,5H2,1H3;2H. The van der Waals surface area contributed by atoms with Gasteiger partial charge in [0.2, 0.25) is 0 Å². The van der Waals surface area contributed by atoms with E-state index in [1.807, 2.05) is 0 Å². The number of allylic oxidation sites excluding steroid dienone is 1. The lowest BCUT2D eigenvalue weighted by molar-refractivity contribution is -0.161. The Bertz CT molecular complexity index is 318. The molecule has 4 unspecified atom stereocenters. The van der Waals surface area contributed by atoms with Crippen LogP contribution in [0.4, 0.5) is 0 Å². The Labute approximate surface area is 116 Å². The molecule has 0 saturated carbocycles. The van der Waals surface area contributed by atoms with E-state index in [0.29, 0.717) is 6.42 Å². The third-order valence-corrected chi connectivity index (χ3v) is 2.25. The molecule has 0 aromatic heterocycles. The average molecular weight is 293 g/mol. The quantitative estimate of drug-likeness (QED) is 0.147. The summed E-state index contributed by atoms with van der Waals surface area (Å²) in [5, 5.41) is 53.9. The van der Waals surface area contributed by atoms with Crippen molar-refractivity contribution >= 4 is 23.7 Å². The van der Waals surface area contributed by atoms with Crippen LogP contribution in [-0.4, -0.2) is 67.5 Å². The van der Waals surface area contributed by atoms with E-state index in [2.05, 4.69) is 12.2 Å². The summed E-state index contributed by atoms with van der Waals surface area (Å²) in [7, 11) is 0. The van der Waals surface area contributed by atoms with Crippen LogP contribution < -0.4 is 0 Å². The van der Waals surface area contributed by atoms with Gasteiger partial charge in [0.25, 0.3) is 0 Å². The maximum atomic E-state index is 10.4. The third kappa shape index (κ3) is 6.65. The Hall–Kier alpha value is -0.990. The maximum Gasteiger partial charge on any atom is 0.151 e. The number of isothiocyanates is 1. The van der Waals surface area contributed by atoms with E-state index in [1.165, 1.54) is 6.08 Å². The number of carbonyl (C=O) groups is 1. The lowest BCUT2D eigenvalue weighted by Gasteiger charge is -2.34. The molecule has 0 aromatic rings. The van der Waals surface area contributed by atoms with Gasteiger partial charge in [-0.05, 0) is 18.6 Å². The molecular weight excluding hydrogens is 274 g/mol. The second-order valence-electron chi connectivity index (χ2n) is 3.58. The molecule has 0 spiro atoms. The molecular formula is C11H19NO6S. The zero-order chi connectivity index (χ0) is 15.5. The maximum absolute atomic E-state index is 10.4. The molecule has 0 rings (SSSR count). The van der Waals surface area contributed by atoms with Crippen molar-refractivity contribution in [1.29, 1.82) is 5.41 Å². The largest absolute Gasteiger partial charge is 0.394 e. The van der Waals surface area contributed by atoms with Gasteiger partial charge in [0, 0.05) is 0 Å². The van der Waals surface area contributed by atoms with E-state index < -0.39 is 30.5 Å². The van der Waals surface area contributed by atoms with E-state index in [-0.39, 0.29) is 6.29 Å². The van der Waals surface area contributed by atoms with E-state index in [4.69, 9.17) is 10.5 Å². The zero-order valence-electron chi connectivity index (χ0n) is 10.4. The molecule has 19 heavy (non-hydrogen) atoms. The smallest absolute Gasteiger partial charge is 0.151 e. The van der Waals surface area contributed by atoms with E-state index in [9.17, 15) is 25.2 Å². The minimum atomic E-state index is -2.31. The number of thiocarbonyl (C=S) groups is 1. The van der Waals surface area contributed by atoms with Crippen LogP contribution in [0.3, 0.4) is 0 Å². The van der Waals surface area contributed by atoms with Gasteiger partial charge in [0.1, 0.15) is 23.9 Å². The van der Waals surface area contributed by atoms with Crippen LogP contribution in [0.2, 0.25) is 0 Å². The zero-order valence-corrected chi connectivity index (χ0v) is 11.2. The summed E-state index contributed by atoms with van der Waals surface area (Å²) < 4.78 is 0. The summed E-state index contributed by atoms with van der Waals surface area (Å²) in [6, 6.07) is 0. The number of aliphatic hydroxyl groups excluding tert-OH is 4. The van der Waals surface area contributed by atoms with Crippen molar-refractivity contribution in [2.45, 2.75) is 37.3 Å². The Balaban J connectivity index is 0. The van der Waals surface area contributed by atoms with Gasteiger partial charge >= 0.3 is 0 Å². The lowest BCUT2D eigenvalue weighted by atomic mass is 9.87. The molecule has 4 atom stereocenters. The van der Waals surface area contributed by atoms with Crippen LogP contribution in [0.25, 0.3) is 0 Å². The summed E-state index contributed by atoms with van der Waals surface area (Å²) in [5.74, 6) is 0. The van der Waals surface area contributed by atoms with Crippen LogP contribution in [0.1, 0.15) is 13.3 Å². The number of rotatable bonds is 7. The van der Waals surface area contributed by atoms with Crippen LogP contribution in [0, 0.1) is 5.41 Å². The lowest BCUT2D eigenvalue weighted by Crippen LogP contribution is -2.56. The van der Waals surface area contributed by atoms with Crippen LogP contribution >= 0.6 is 12.2 Å². The molecule has 110 valence electrons. The van der Waals surface area contributed by atoms with Crippen molar-refractivity contribution in [2.24, 2.45) is 0 Å². The van der Waals surface area contributed by atoms with Crippen LogP contribution in [-0.2, 0) is 4.79 Å². The van der Waals surface area contributed by atoms with Crippen molar-refractivity contribution in [3.8, 4) is 0 Å². The summed E-state index contributed by atoms with van der Waals surface area (Å²) in [6.45, 7) is 0.952. The number of hydrogen-bond donors (Lipinski definition) is 6. The monoisotopic (exact) mass is 293 g/mol. The highest BCUT2D eigenvalue weighted by atomic mass is 32.1. The molecule has 8 heteroatoms. The van der Waals surface area contributed by atoms with E-state index in [0.717, 1.165) is 6.08 Å². The second kappa shape index (κ2) is 10.9. The number of nitrogens with one attached hydrogen (secondary N) is 1. The van der Waals surface area contributed by atoms with Crippen LogP contribution in [0.5, 0.6) is 0 Å². The molecule has 0 saturated heterocycles. The molecule has 0 aliphatic carbocycles. The topological polar surface area (TPSA) is 142 Å². The minimum Gasteiger partial charge on any atom is -0.394 e. The predicted molar refractivity (Wildman–Crippen MR) is 70.9 cm³/mol. The van der Waals surface area contributed by atoms with Crippen molar-refractivity contribution in [3.63, 3.8) is 0 Å². The van der Waals surface area contributed by atoms with Gasteiger partial charge in [-0.3, -0.25) is 0 Å². The van der Waals surface area contributed by atoms with E-state index >= 15 is 0 Å². The SMILES string of the molecule is CCC=CC(O)(C(O)C=O)C(O)C(O)CO.N=C=S. The molecule has 6 N–H and O–H groups in total. The number of hydrogen-bond acceptors (Lipinski definition) is 8. The fourth-order valence-electron chi connectivity index (χ4n) is 1.20. The summed E-state index contributed by atoms with van der Waals surface area (Å²) in [4.78, 5) is 10.4. The first kappa shape index (κ1) is 20.3. The summed E-state index contributed by atoms with van der Waals surface area (Å²) in [6.07, 6.45) is -2.37. The van der Waals surface area contributed by atoms with Crippen LogP contribution in [0.15, 0.2) is 12.2 Å². The molecule has 0 bridgehead atoms. The average Bonchev–Trinajstić information content (AvgIpc) is 2.42. The Morgan fingerprint density at radius 2 is 1.89 bits per heavy atom. The third-order valence-electron chi connectivity index (χ3n) is 2.25. The Kier molecular flexibility index (Phi) is 11.7. The minimum absolute atomic E-state index is 0.0489. The highest BCUT2D eigenvalue weighted by Crippen LogP contribution is 2.20. The van der Waals surface area contributed by atoms with Gasteiger partial charge in [-0.15, -0.1) is 0 Å². The Morgan fingerprint density at radius 3 is 2.21 bits per heavy atom. The molecule has 0 radical (unpaired) electrons. The van der Waals surface area contributed by atoms with Gasteiger partial charge in [-0.1, -0.05) is 19.1 Å². The first-order chi connectivity index (χ1) is 8.85. The normalized spacial score (nSPS) is 18.4. The van der Waals surface area contributed by atoms with Gasteiger partial charge in [-0.25, -0.2) is 5.41 Å². The summed E-state index contributed by atoms with van der Waals surface area (Å²) >= 11 is 3.81. The summed E-state index contributed by atoms with van der Waals surface area (Å²) in [5.41, 5.74) is -2.31. The highest BCUT2D eigenvalue weighted by molar-refractivity contribution is 7.78. The van der Waals surface area contributed by atoms with Gasteiger partial charge in [-0.2, -0.15) is 0 Å². The van der Waals surface area contributed by atoms with Crippen molar-refractivity contribution in [2.75, 3.05) is 6.61 Å². The van der Waals surface area contributed by atoms with Gasteiger partial charge < -0.3 is 30.3 Å². The molecule has 0 heterocycles. The second-order valence-corrected chi connectivity index (χ2v) is 3.78. The van der Waals surface area contributed by atoms with Crippen molar-refractivity contribution < 1.29 is 30.3 Å². The fourth-order valence-corrected chi connectivity index (χ4v) is 1.20. The molecule has 0 aliphatic heterocycles. The van der Waals surface area contributed by atoms with Gasteiger partial charge in [0.15, 0.2) is 6.29 Å². The molecule has 0 amide bonds. The van der Waals surface area contributed by atoms with Gasteiger partial charge in [0.05, 0.1) is 11.8 Å². The Morgan fingerprint density at radius 1 is 1.42 bits per heavy atom. The first-order valence-corrected chi connectivity index (χ1v) is 5.80. The number of carbonyl (C=O) groups excluding carboxylic acids is 1. The molecule has 7 nitrogen and oxygen atoms in total. The van der Waals surface area contributed by atoms with E-state index in [1.54, 1.807) is 12.1 Å². The first-order valence-electron chi connectivity index (χ1n) is 5.39. The van der Waals surface area contributed by atoms with Crippen molar-refractivity contribution in [3.05, 3.63) is 12.2 Å². The van der Waals surface area contributed by atoms with Crippen molar-refractivity contribution in [1.82, 2.24) is 0 Å². The predicted octanol–water partition coefficient (Wildman–Crippen LogP) is -1.37. The number of aliphatic hydroxyl groups is 5. The molecule has 0 fully saturated rings. The molecule has 0 aliphatic rings. The highest BCUT2D eigenvalue weighted by Gasteiger charge is 2.43. The number of aldehydes is 1. The molecule has 0 aromatic carbocycles.